The van der Waals surface area contributed by atoms with Gasteiger partial charge in [0.25, 0.3) is 15.9 Å². The van der Waals surface area contributed by atoms with Gasteiger partial charge in [-0.3, -0.25) is 14.5 Å². The first kappa shape index (κ1) is 21.0. The molecule has 0 saturated carbocycles. The Kier molecular flexibility index (Phi) is 5.75. The summed E-state index contributed by atoms with van der Waals surface area (Å²) in [6.45, 7) is 3.71. The maximum absolute atomic E-state index is 13.0. The second-order valence-corrected chi connectivity index (χ2v) is 9.99. The van der Waals surface area contributed by atoms with Gasteiger partial charge in [0.2, 0.25) is 0 Å². The van der Waals surface area contributed by atoms with Crippen LogP contribution in [0.2, 0.25) is 0 Å². The molecule has 0 spiro atoms. The number of fused-ring (bicyclic) bond motifs is 1. The number of carbonyl (C=O) groups excluding carboxylic acids is 1. The molecule has 2 aromatic carbocycles. The van der Waals surface area contributed by atoms with Gasteiger partial charge >= 0.3 is 0 Å². The molecule has 0 saturated heterocycles. The molecule has 0 aliphatic rings. The molecule has 1 atom stereocenters. The van der Waals surface area contributed by atoms with Crippen molar-refractivity contribution in [2.75, 3.05) is 4.72 Å². The maximum atomic E-state index is 13.0. The molecule has 8 heteroatoms. The Hall–Kier alpha value is -3.23. The average molecular weight is 452 g/mol. The van der Waals surface area contributed by atoms with E-state index in [1.165, 1.54) is 0 Å². The summed E-state index contributed by atoms with van der Waals surface area (Å²) >= 11 is 1.15. The highest BCUT2D eigenvalue weighted by Gasteiger charge is 2.21. The van der Waals surface area contributed by atoms with Gasteiger partial charge in [0.1, 0.15) is 4.21 Å². The molecule has 0 aliphatic carbocycles. The van der Waals surface area contributed by atoms with E-state index in [-0.39, 0.29) is 10.1 Å². The van der Waals surface area contributed by atoms with Crippen LogP contribution in [0.15, 0.2) is 76.4 Å². The number of sulfonamides is 1. The molecular weight excluding hydrogens is 430 g/mol. The second kappa shape index (κ2) is 8.49. The Morgan fingerprint density at radius 3 is 2.55 bits per heavy atom. The second-order valence-electron chi connectivity index (χ2n) is 7.13. The molecule has 4 rings (SSSR count). The number of anilines is 1. The molecule has 2 aromatic heterocycles. The van der Waals surface area contributed by atoms with Gasteiger partial charge in [0.05, 0.1) is 22.8 Å². The Morgan fingerprint density at radius 2 is 1.77 bits per heavy atom. The molecular formula is C23H21N3O3S2. The lowest BCUT2D eigenvalue weighted by molar-refractivity contribution is 0.0939. The minimum Gasteiger partial charge on any atom is -0.345 e. The van der Waals surface area contributed by atoms with E-state index in [0.717, 1.165) is 27.8 Å². The molecule has 2 N–H and O–H groups in total. The molecule has 1 amide bonds. The zero-order valence-corrected chi connectivity index (χ0v) is 18.6. The normalized spacial score (nSPS) is 12.5. The van der Waals surface area contributed by atoms with Crippen molar-refractivity contribution in [3.63, 3.8) is 0 Å². The number of rotatable bonds is 6. The summed E-state index contributed by atoms with van der Waals surface area (Å²) in [5, 5.41) is 5.60. The molecule has 0 radical (unpaired) electrons. The van der Waals surface area contributed by atoms with Crippen molar-refractivity contribution >= 4 is 43.9 Å². The SMILES string of the molecule is Cc1c(C(=O)NC(C)c2ccccc2NS(=O)(=O)c2cccs2)cnc2ccccc12. The van der Waals surface area contributed by atoms with Gasteiger partial charge in [-0.15, -0.1) is 11.3 Å². The van der Waals surface area contributed by atoms with E-state index >= 15 is 0 Å². The van der Waals surface area contributed by atoms with Gasteiger partial charge in [0.15, 0.2) is 0 Å². The molecule has 0 fully saturated rings. The van der Waals surface area contributed by atoms with Crippen LogP contribution in [0.25, 0.3) is 10.9 Å². The van der Waals surface area contributed by atoms with Crippen LogP contribution >= 0.6 is 11.3 Å². The molecule has 4 aromatic rings. The number of aromatic nitrogens is 1. The minimum atomic E-state index is -3.69. The summed E-state index contributed by atoms with van der Waals surface area (Å²) in [6.07, 6.45) is 1.57. The van der Waals surface area contributed by atoms with E-state index in [2.05, 4.69) is 15.0 Å². The summed E-state index contributed by atoms with van der Waals surface area (Å²) in [5.74, 6) is -0.265. The number of nitrogens with zero attached hydrogens (tertiary/aromatic N) is 1. The predicted octanol–water partition coefficient (Wildman–Crippen LogP) is 4.90. The van der Waals surface area contributed by atoms with Gasteiger partial charge < -0.3 is 5.32 Å². The smallest absolute Gasteiger partial charge is 0.271 e. The quantitative estimate of drug-likeness (QED) is 0.437. The van der Waals surface area contributed by atoms with Crippen LogP contribution in [-0.2, 0) is 10.0 Å². The molecule has 0 aliphatic heterocycles. The van der Waals surface area contributed by atoms with Crippen molar-refractivity contribution in [3.05, 3.63) is 88.9 Å². The van der Waals surface area contributed by atoms with Crippen molar-refractivity contribution in [1.29, 1.82) is 0 Å². The molecule has 2 heterocycles. The topological polar surface area (TPSA) is 88.2 Å². The summed E-state index contributed by atoms with van der Waals surface area (Å²) in [6, 6.07) is 17.5. The number of nitrogens with one attached hydrogen (secondary N) is 2. The lowest BCUT2D eigenvalue weighted by Crippen LogP contribution is -2.28. The number of amides is 1. The van der Waals surface area contributed by atoms with E-state index in [9.17, 15) is 13.2 Å². The first-order valence-electron chi connectivity index (χ1n) is 9.67. The number of pyridine rings is 1. The minimum absolute atomic E-state index is 0.233. The van der Waals surface area contributed by atoms with Crippen LogP contribution in [0.5, 0.6) is 0 Å². The summed E-state index contributed by atoms with van der Waals surface area (Å²) < 4.78 is 28.2. The molecule has 6 nitrogen and oxygen atoms in total. The summed E-state index contributed by atoms with van der Waals surface area (Å²) in [7, 11) is -3.69. The zero-order chi connectivity index (χ0) is 22.0. The van der Waals surface area contributed by atoms with Crippen LogP contribution < -0.4 is 10.0 Å². The summed E-state index contributed by atoms with van der Waals surface area (Å²) in [4.78, 5) is 17.4. The Balaban J connectivity index is 1.59. The predicted molar refractivity (Wildman–Crippen MR) is 124 cm³/mol. The number of hydrogen-bond donors (Lipinski definition) is 2. The lowest BCUT2D eigenvalue weighted by atomic mass is 10.0. The van der Waals surface area contributed by atoms with Crippen molar-refractivity contribution in [2.24, 2.45) is 0 Å². The van der Waals surface area contributed by atoms with E-state index in [4.69, 9.17) is 0 Å². The van der Waals surface area contributed by atoms with E-state index < -0.39 is 16.1 Å². The Bertz CT molecular complexity index is 1350. The van der Waals surface area contributed by atoms with Gasteiger partial charge in [-0.05, 0) is 48.6 Å². The molecule has 1 unspecified atom stereocenters. The molecule has 31 heavy (non-hydrogen) atoms. The van der Waals surface area contributed by atoms with Crippen LogP contribution in [0.4, 0.5) is 5.69 Å². The number of para-hydroxylation sites is 2. The van der Waals surface area contributed by atoms with Crippen molar-refractivity contribution in [3.8, 4) is 0 Å². The Labute approximate surface area is 185 Å². The van der Waals surface area contributed by atoms with E-state index in [1.807, 2.05) is 44.2 Å². The van der Waals surface area contributed by atoms with Crippen molar-refractivity contribution in [1.82, 2.24) is 10.3 Å². The average Bonchev–Trinajstić information content (AvgIpc) is 3.30. The lowest BCUT2D eigenvalue weighted by Gasteiger charge is -2.19. The van der Waals surface area contributed by atoms with Crippen LogP contribution in [0.3, 0.4) is 0 Å². The largest absolute Gasteiger partial charge is 0.345 e. The van der Waals surface area contributed by atoms with Gasteiger partial charge in [-0.1, -0.05) is 42.5 Å². The highest BCUT2D eigenvalue weighted by Crippen LogP contribution is 2.27. The third kappa shape index (κ3) is 4.30. The number of aryl methyl sites for hydroxylation is 1. The fourth-order valence-corrected chi connectivity index (χ4v) is 5.52. The number of carbonyl (C=O) groups is 1. The third-order valence-electron chi connectivity index (χ3n) is 5.07. The highest BCUT2D eigenvalue weighted by molar-refractivity contribution is 7.94. The van der Waals surface area contributed by atoms with Crippen LogP contribution in [0.1, 0.15) is 34.5 Å². The zero-order valence-electron chi connectivity index (χ0n) is 17.0. The summed E-state index contributed by atoms with van der Waals surface area (Å²) in [5.41, 5.74) is 3.27. The van der Waals surface area contributed by atoms with E-state index in [1.54, 1.807) is 41.9 Å². The van der Waals surface area contributed by atoms with E-state index in [0.29, 0.717) is 16.8 Å². The number of hydrogen-bond acceptors (Lipinski definition) is 5. The first-order valence-corrected chi connectivity index (χ1v) is 12.0. The fourth-order valence-electron chi connectivity index (χ4n) is 3.44. The monoisotopic (exact) mass is 451 g/mol. The fraction of sp³-hybridized carbons (Fsp3) is 0.130. The Morgan fingerprint density at radius 1 is 1.03 bits per heavy atom. The maximum Gasteiger partial charge on any atom is 0.271 e. The number of benzene rings is 2. The molecule has 0 bridgehead atoms. The van der Waals surface area contributed by atoms with Crippen molar-refractivity contribution in [2.45, 2.75) is 24.1 Å². The van der Waals surface area contributed by atoms with Gasteiger partial charge in [-0.2, -0.15) is 0 Å². The highest BCUT2D eigenvalue weighted by atomic mass is 32.2. The van der Waals surface area contributed by atoms with Gasteiger partial charge in [-0.25, -0.2) is 8.42 Å². The number of thiophene rings is 1. The first-order chi connectivity index (χ1) is 14.9. The van der Waals surface area contributed by atoms with Crippen molar-refractivity contribution < 1.29 is 13.2 Å². The molecule has 158 valence electrons. The van der Waals surface area contributed by atoms with Gasteiger partial charge in [0, 0.05) is 11.6 Å². The standard InChI is InChI=1S/C23H21N3O3S2/c1-15-17-8-3-5-10-20(17)24-14-19(15)23(27)25-16(2)18-9-4-6-11-21(18)26-31(28,29)22-12-7-13-30-22/h3-14,16,26H,1-2H3,(H,25,27). The van der Waals surface area contributed by atoms with Crippen LogP contribution in [0, 0.1) is 6.92 Å². The third-order valence-corrected chi connectivity index (χ3v) is 7.83. The van der Waals surface area contributed by atoms with Crippen LogP contribution in [-0.4, -0.2) is 19.3 Å².